The van der Waals surface area contributed by atoms with E-state index >= 15 is 0 Å². The maximum atomic E-state index is 8.71. The fourth-order valence-corrected chi connectivity index (χ4v) is 3.06. The summed E-state index contributed by atoms with van der Waals surface area (Å²) < 4.78 is 0. The Morgan fingerprint density at radius 1 is 1.40 bits per heavy atom. The third-order valence-electron chi connectivity index (χ3n) is 2.48. The first-order valence-corrected chi connectivity index (χ1v) is 6.05. The Bertz CT molecular complexity index is 389. The lowest BCUT2D eigenvalue weighted by atomic mass is 10.1. The summed E-state index contributed by atoms with van der Waals surface area (Å²) in [7, 11) is 0. The van der Waals surface area contributed by atoms with Crippen LogP contribution in [-0.2, 0) is 0 Å². The van der Waals surface area contributed by atoms with E-state index in [4.69, 9.17) is 5.26 Å². The van der Waals surface area contributed by atoms with Crippen LogP contribution >= 0.6 is 11.8 Å². The highest BCUT2D eigenvalue weighted by Gasteiger charge is 2.31. The van der Waals surface area contributed by atoms with Gasteiger partial charge in [0.25, 0.3) is 0 Å². The normalized spacial score (nSPS) is 23.7. The van der Waals surface area contributed by atoms with Crippen molar-refractivity contribution in [3.63, 3.8) is 0 Å². The smallest absolute Gasteiger partial charge is 0.0991 e. The summed E-state index contributed by atoms with van der Waals surface area (Å²) in [4.78, 5) is 0. The first-order chi connectivity index (χ1) is 7.11. The van der Waals surface area contributed by atoms with Gasteiger partial charge in [-0.2, -0.15) is 5.26 Å². The van der Waals surface area contributed by atoms with Crippen molar-refractivity contribution in [1.29, 1.82) is 5.26 Å². The van der Waals surface area contributed by atoms with Gasteiger partial charge in [0.2, 0.25) is 0 Å². The lowest BCUT2D eigenvalue weighted by molar-refractivity contribution is 0.452. The lowest BCUT2D eigenvalue weighted by Gasteiger charge is -2.18. The molecule has 2 rings (SSSR count). The van der Waals surface area contributed by atoms with Crippen LogP contribution in [-0.4, -0.2) is 11.3 Å². The van der Waals surface area contributed by atoms with Gasteiger partial charge in [0, 0.05) is 11.3 Å². The van der Waals surface area contributed by atoms with Gasteiger partial charge in [-0.1, -0.05) is 12.1 Å². The minimum absolute atomic E-state index is 0.212. The molecule has 0 spiro atoms. The zero-order chi connectivity index (χ0) is 10.9. The molecule has 1 heterocycles. The van der Waals surface area contributed by atoms with Crippen molar-refractivity contribution in [1.82, 2.24) is 5.32 Å². The maximum absolute atomic E-state index is 8.71. The van der Waals surface area contributed by atoms with Gasteiger partial charge in [-0.3, -0.25) is 5.32 Å². The third-order valence-corrected chi connectivity index (χ3v) is 4.09. The Balaban J connectivity index is 2.15. The minimum atomic E-state index is 0.212. The van der Waals surface area contributed by atoms with Gasteiger partial charge in [0.15, 0.2) is 0 Å². The molecule has 2 nitrogen and oxygen atoms in total. The lowest BCUT2D eigenvalue weighted by Crippen LogP contribution is -2.35. The molecule has 15 heavy (non-hydrogen) atoms. The number of nitriles is 1. The number of hydrogen-bond acceptors (Lipinski definition) is 3. The van der Waals surface area contributed by atoms with E-state index < -0.39 is 0 Å². The van der Waals surface area contributed by atoms with E-state index in [2.05, 4.69) is 25.2 Å². The molecule has 0 aliphatic carbocycles. The van der Waals surface area contributed by atoms with Gasteiger partial charge in [0.05, 0.1) is 17.0 Å². The van der Waals surface area contributed by atoms with Gasteiger partial charge in [-0.25, -0.2) is 0 Å². The van der Waals surface area contributed by atoms with Crippen molar-refractivity contribution < 1.29 is 0 Å². The van der Waals surface area contributed by atoms with E-state index in [0.29, 0.717) is 5.37 Å². The van der Waals surface area contributed by atoms with Crippen LogP contribution in [0.4, 0.5) is 0 Å². The minimum Gasteiger partial charge on any atom is -0.296 e. The summed E-state index contributed by atoms with van der Waals surface area (Å²) in [6.45, 7) is 4.42. The summed E-state index contributed by atoms with van der Waals surface area (Å²) in [6, 6.07) is 9.95. The first-order valence-electron chi connectivity index (χ1n) is 5.00. The highest BCUT2D eigenvalue weighted by Crippen LogP contribution is 2.36. The topological polar surface area (TPSA) is 35.8 Å². The van der Waals surface area contributed by atoms with Crippen LogP contribution in [0.3, 0.4) is 0 Å². The molecule has 1 saturated heterocycles. The van der Waals surface area contributed by atoms with E-state index in [1.165, 1.54) is 5.56 Å². The molecule has 0 amide bonds. The van der Waals surface area contributed by atoms with Crippen molar-refractivity contribution in [2.24, 2.45) is 0 Å². The van der Waals surface area contributed by atoms with Gasteiger partial charge in [-0.15, -0.1) is 11.8 Å². The molecule has 1 aliphatic heterocycles. The van der Waals surface area contributed by atoms with Crippen LogP contribution in [0.15, 0.2) is 24.3 Å². The average Bonchev–Trinajstić information content (AvgIpc) is 2.59. The number of hydrogen-bond donors (Lipinski definition) is 1. The number of rotatable bonds is 1. The maximum Gasteiger partial charge on any atom is 0.0991 e. The molecule has 1 unspecified atom stereocenters. The standard InChI is InChI=1S/C12H14N2S/c1-12(2)8-15-11(14-12)10-5-3-9(7-13)4-6-10/h3-6,11,14H,8H2,1-2H3. The summed E-state index contributed by atoms with van der Waals surface area (Å²) in [5.74, 6) is 1.12. The van der Waals surface area contributed by atoms with E-state index in [-0.39, 0.29) is 5.54 Å². The fourth-order valence-electron chi connectivity index (χ4n) is 1.64. The summed E-state index contributed by atoms with van der Waals surface area (Å²) in [5, 5.41) is 12.6. The Morgan fingerprint density at radius 3 is 2.53 bits per heavy atom. The molecule has 1 aromatic rings. The number of nitrogens with zero attached hydrogens (tertiary/aromatic N) is 1. The molecule has 3 heteroatoms. The Kier molecular flexibility index (Phi) is 2.72. The van der Waals surface area contributed by atoms with Crippen LogP contribution in [0.25, 0.3) is 0 Å². The van der Waals surface area contributed by atoms with E-state index in [1.54, 1.807) is 0 Å². The molecule has 1 fully saturated rings. The second kappa shape index (κ2) is 3.88. The first kappa shape index (κ1) is 10.5. The van der Waals surface area contributed by atoms with Gasteiger partial charge in [-0.05, 0) is 31.5 Å². The Morgan fingerprint density at radius 2 is 2.07 bits per heavy atom. The predicted molar refractivity (Wildman–Crippen MR) is 63.6 cm³/mol. The van der Waals surface area contributed by atoms with Crippen molar-refractivity contribution in [3.8, 4) is 6.07 Å². The molecule has 0 radical (unpaired) electrons. The SMILES string of the molecule is CC1(C)CSC(c2ccc(C#N)cc2)N1. The van der Waals surface area contributed by atoms with E-state index in [0.717, 1.165) is 11.3 Å². The molecule has 0 aromatic heterocycles. The van der Waals surface area contributed by atoms with Crippen LogP contribution < -0.4 is 5.32 Å². The second-order valence-electron chi connectivity index (χ2n) is 4.45. The van der Waals surface area contributed by atoms with Crippen LogP contribution in [0.1, 0.15) is 30.3 Å². The average molecular weight is 218 g/mol. The van der Waals surface area contributed by atoms with Gasteiger partial charge >= 0.3 is 0 Å². The van der Waals surface area contributed by atoms with E-state index in [1.807, 2.05) is 36.0 Å². The summed E-state index contributed by atoms with van der Waals surface area (Å²) in [5.41, 5.74) is 2.19. The van der Waals surface area contributed by atoms with Gasteiger partial charge < -0.3 is 0 Å². The van der Waals surface area contributed by atoms with Crippen molar-refractivity contribution >= 4 is 11.8 Å². The van der Waals surface area contributed by atoms with Crippen molar-refractivity contribution in [2.45, 2.75) is 24.8 Å². The highest BCUT2D eigenvalue weighted by atomic mass is 32.2. The zero-order valence-electron chi connectivity index (χ0n) is 8.95. The number of thioether (sulfide) groups is 1. The quantitative estimate of drug-likeness (QED) is 0.787. The second-order valence-corrected chi connectivity index (χ2v) is 5.55. The Labute approximate surface area is 94.7 Å². The molecule has 78 valence electrons. The number of benzene rings is 1. The fraction of sp³-hybridized carbons (Fsp3) is 0.417. The summed E-state index contributed by atoms with van der Waals surface area (Å²) >= 11 is 1.92. The van der Waals surface area contributed by atoms with Crippen molar-refractivity contribution in [2.75, 3.05) is 5.75 Å². The van der Waals surface area contributed by atoms with Crippen LogP contribution in [0, 0.1) is 11.3 Å². The molecular weight excluding hydrogens is 204 g/mol. The molecule has 1 N–H and O–H groups in total. The molecule has 1 aliphatic rings. The third kappa shape index (κ3) is 2.34. The monoisotopic (exact) mass is 218 g/mol. The zero-order valence-corrected chi connectivity index (χ0v) is 9.77. The van der Waals surface area contributed by atoms with Crippen LogP contribution in [0.5, 0.6) is 0 Å². The molecular formula is C12H14N2S. The predicted octanol–water partition coefficient (Wildman–Crippen LogP) is 2.67. The van der Waals surface area contributed by atoms with E-state index in [9.17, 15) is 0 Å². The summed E-state index contributed by atoms with van der Waals surface area (Å²) in [6.07, 6.45) is 0. The Hall–Kier alpha value is -0.980. The van der Waals surface area contributed by atoms with Gasteiger partial charge in [0.1, 0.15) is 0 Å². The molecule has 0 bridgehead atoms. The highest BCUT2D eigenvalue weighted by molar-refractivity contribution is 7.99. The largest absolute Gasteiger partial charge is 0.296 e. The molecule has 0 saturated carbocycles. The number of nitrogens with one attached hydrogen (secondary N) is 1. The molecule has 1 aromatic carbocycles. The molecule has 1 atom stereocenters. The van der Waals surface area contributed by atoms with Crippen LogP contribution in [0.2, 0.25) is 0 Å². The van der Waals surface area contributed by atoms with Crippen molar-refractivity contribution in [3.05, 3.63) is 35.4 Å².